The summed E-state index contributed by atoms with van der Waals surface area (Å²) in [6.45, 7) is 0. The molecule has 0 atom stereocenters. The van der Waals surface area contributed by atoms with Crippen molar-refractivity contribution in [2.24, 2.45) is 5.92 Å². The van der Waals surface area contributed by atoms with Crippen LogP contribution in [-0.2, 0) is 4.79 Å². The molecule has 0 radical (unpaired) electrons. The van der Waals surface area contributed by atoms with E-state index in [1.54, 1.807) is 12.1 Å². The van der Waals surface area contributed by atoms with Crippen LogP contribution in [0.15, 0.2) is 24.3 Å². The number of hydrogen-bond acceptors (Lipinski definition) is 2. The van der Waals surface area contributed by atoms with Crippen LogP contribution in [0.2, 0.25) is 5.02 Å². The number of benzene rings is 1. The SMILES string of the molecule is O=C(CCC1CCCCC1)NC(=S)Nc1ccc(Cl)cc1. The van der Waals surface area contributed by atoms with Gasteiger partial charge in [0.05, 0.1) is 0 Å². The van der Waals surface area contributed by atoms with Gasteiger partial charge in [0.25, 0.3) is 0 Å². The minimum Gasteiger partial charge on any atom is -0.332 e. The first-order valence-corrected chi connectivity index (χ1v) is 8.28. The highest BCUT2D eigenvalue weighted by Gasteiger charge is 2.15. The molecule has 2 rings (SSSR count). The molecule has 0 unspecified atom stereocenters. The average molecular weight is 325 g/mol. The lowest BCUT2D eigenvalue weighted by Gasteiger charge is -2.21. The standard InChI is InChI=1S/C16H21ClN2OS/c17-13-7-9-14(10-8-13)18-16(21)19-15(20)11-6-12-4-2-1-3-5-12/h7-10,12H,1-6,11H2,(H2,18,19,20,21). The molecular formula is C16H21ClN2OS. The molecular weight excluding hydrogens is 304 g/mol. The van der Waals surface area contributed by atoms with Crippen LogP contribution >= 0.6 is 23.8 Å². The third-order valence-electron chi connectivity index (χ3n) is 3.86. The van der Waals surface area contributed by atoms with Crippen LogP contribution in [0.25, 0.3) is 0 Å². The number of carbonyl (C=O) groups is 1. The van der Waals surface area contributed by atoms with Gasteiger partial charge in [-0.15, -0.1) is 0 Å². The summed E-state index contributed by atoms with van der Waals surface area (Å²) in [4.78, 5) is 11.9. The lowest BCUT2D eigenvalue weighted by molar-refractivity contribution is -0.120. The van der Waals surface area contributed by atoms with Gasteiger partial charge in [0.1, 0.15) is 0 Å². The summed E-state index contributed by atoms with van der Waals surface area (Å²) < 4.78 is 0. The Morgan fingerprint density at radius 1 is 1.19 bits per heavy atom. The van der Waals surface area contributed by atoms with Crippen molar-refractivity contribution in [1.82, 2.24) is 5.32 Å². The molecule has 0 aliphatic heterocycles. The number of halogens is 1. The van der Waals surface area contributed by atoms with Crippen molar-refractivity contribution in [1.29, 1.82) is 0 Å². The maximum atomic E-state index is 11.9. The minimum absolute atomic E-state index is 0.00737. The van der Waals surface area contributed by atoms with E-state index in [-0.39, 0.29) is 5.91 Å². The maximum absolute atomic E-state index is 11.9. The molecule has 1 amide bonds. The largest absolute Gasteiger partial charge is 0.332 e. The van der Waals surface area contributed by atoms with E-state index >= 15 is 0 Å². The van der Waals surface area contributed by atoms with Crippen molar-refractivity contribution in [3.8, 4) is 0 Å². The number of anilines is 1. The summed E-state index contributed by atoms with van der Waals surface area (Å²) in [5.41, 5.74) is 0.817. The van der Waals surface area contributed by atoms with Crippen molar-refractivity contribution >= 4 is 40.5 Å². The van der Waals surface area contributed by atoms with Crippen LogP contribution in [-0.4, -0.2) is 11.0 Å². The Kier molecular flexibility index (Phi) is 6.46. The summed E-state index contributed by atoms with van der Waals surface area (Å²) in [6.07, 6.45) is 8.01. The number of nitrogens with one attached hydrogen (secondary N) is 2. The first-order chi connectivity index (χ1) is 10.1. The summed E-state index contributed by atoms with van der Waals surface area (Å²) in [6, 6.07) is 7.19. The Hall–Kier alpha value is -1.13. The fourth-order valence-corrected chi connectivity index (χ4v) is 3.05. The maximum Gasteiger partial charge on any atom is 0.226 e. The predicted molar refractivity (Wildman–Crippen MR) is 91.6 cm³/mol. The lowest BCUT2D eigenvalue weighted by atomic mass is 9.86. The van der Waals surface area contributed by atoms with Gasteiger partial charge in [-0.1, -0.05) is 43.7 Å². The summed E-state index contributed by atoms with van der Waals surface area (Å²) in [5, 5.41) is 6.72. The van der Waals surface area contributed by atoms with Crippen LogP contribution in [0.4, 0.5) is 5.69 Å². The van der Waals surface area contributed by atoms with E-state index in [1.165, 1.54) is 32.1 Å². The van der Waals surface area contributed by atoms with Crippen LogP contribution in [0.1, 0.15) is 44.9 Å². The third-order valence-corrected chi connectivity index (χ3v) is 4.32. The van der Waals surface area contributed by atoms with E-state index in [0.29, 0.717) is 22.5 Å². The summed E-state index contributed by atoms with van der Waals surface area (Å²) in [5.74, 6) is 0.703. The van der Waals surface area contributed by atoms with E-state index in [4.69, 9.17) is 23.8 Å². The highest BCUT2D eigenvalue weighted by Crippen LogP contribution is 2.27. The molecule has 1 fully saturated rings. The molecule has 0 saturated heterocycles. The smallest absolute Gasteiger partial charge is 0.226 e. The van der Waals surface area contributed by atoms with Gasteiger partial charge in [-0.3, -0.25) is 4.79 Å². The predicted octanol–water partition coefficient (Wildman–Crippen LogP) is 4.51. The van der Waals surface area contributed by atoms with Gasteiger partial charge in [0.15, 0.2) is 5.11 Å². The zero-order chi connectivity index (χ0) is 15.1. The van der Waals surface area contributed by atoms with Crippen molar-refractivity contribution in [3.05, 3.63) is 29.3 Å². The molecule has 1 aliphatic rings. The van der Waals surface area contributed by atoms with E-state index < -0.39 is 0 Å². The van der Waals surface area contributed by atoms with Gasteiger partial charge in [0, 0.05) is 17.1 Å². The first kappa shape index (κ1) is 16.2. The van der Waals surface area contributed by atoms with Gasteiger partial charge in [0.2, 0.25) is 5.91 Å². The highest BCUT2D eigenvalue weighted by atomic mass is 35.5. The number of thiocarbonyl (C=S) groups is 1. The zero-order valence-electron chi connectivity index (χ0n) is 12.0. The molecule has 1 saturated carbocycles. The summed E-state index contributed by atoms with van der Waals surface area (Å²) in [7, 11) is 0. The normalized spacial score (nSPS) is 15.5. The van der Waals surface area contributed by atoms with Crippen molar-refractivity contribution < 1.29 is 4.79 Å². The molecule has 0 spiro atoms. The fraction of sp³-hybridized carbons (Fsp3) is 0.500. The van der Waals surface area contributed by atoms with Gasteiger partial charge >= 0.3 is 0 Å². The Balaban J connectivity index is 1.69. The molecule has 0 bridgehead atoms. The van der Waals surface area contributed by atoms with Crippen LogP contribution in [0.3, 0.4) is 0 Å². The van der Waals surface area contributed by atoms with Crippen molar-refractivity contribution in [2.75, 3.05) is 5.32 Å². The fourth-order valence-electron chi connectivity index (χ4n) is 2.70. The molecule has 1 aromatic rings. The molecule has 1 aromatic carbocycles. The van der Waals surface area contributed by atoms with Crippen molar-refractivity contribution in [2.45, 2.75) is 44.9 Å². The summed E-state index contributed by atoms with van der Waals surface area (Å²) >= 11 is 11.0. The highest BCUT2D eigenvalue weighted by molar-refractivity contribution is 7.80. The van der Waals surface area contributed by atoms with Crippen LogP contribution in [0.5, 0.6) is 0 Å². The van der Waals surface area contributed by atoms with Gasteiger partial charge < -0.3 is 10.6 Å². The number of hydrogen-bond donors (Lipinski definition) is 2. The molecule has 0 heterocycles. The second-order valence-electron chi connectivity index (χ2n) is 5.55. The monoisotopic (exact) mass is 324 g/mol. The molecule has 3 nitrogen and oxygen atoms in total. The number of amides is 1. The van der Waals surface area contributed by atoms with E-state index in [0.717, 1.165) is 12.1 Å². The second-order valence-corrected chi connectivity index (χ2v) is 6.40. The zero-order valence-corrected chi connectivity index (χ0v) is 13.6. The minimum atomic E-state index is -0.00737. The molecule has 5 heteroatoms. The van der Waals surface area contributed by atoms with Crippen molar-refractivity contribution in [3.63, 3.8) is 0 Å². The topological polar surface area (TPSA) is 41.1 Å². The van der Waals surface area contributed by atoms with E-state index in [9.17, 15) is 4.79 Å². The third kappa shape index (κ3) is 6.02. The van der Waals surface area contributed by atoms with Gasteiger partial charge in [-0.2, -0.15) is 0 Å². The Morgan fingerprint density at radius 3 is 2.52 bits per heavy atom. The Labute approximate surface area is 136 Å². The molecule has 21 heavy (non-hydrogen) atoms. The van der Waals surface area contributed by atoms with Gasteiger partial charge in [-0.25, -0.2) is 0 Å². The lowest BCUT2D eigenvalue weighted by Crippen LogP contribution is -2.34. The number of carbonyl (C=O) groups excluding carboxylic acids is 1. The second kappa shape index (κ2) is 8.35. The quantitative estimate of drug-likeness (QED) is 0.800. The van der Waals surface area contributed by atoms with Gasteiger partial charge in [-0.05, 0) is 48.8 Å². The molecule has 114 valence electrons. The Morgan fingerprint density at radius 2 is 1.86 bits per heavy atom. The Bertz CT molecular complexity index is 484. The average Bonchev–Trinajstić information content (AvgIpc) is 2.48. The van der Waals surface area contributed by atoms with Crippen LogP contribution in [0, 0.1) is 5.92 Å². The number of rotatable bonds is 4. The van der Waals surface area contributed by atoms with Crippen LogP contribution < -0.4 is 10.6 Å². The molecule has 1 aliphatic carbocycles. The van der Waals surface area contributed by atoms with E-state index in [1.807, 2.05) is 12.1 Å². The first-order valence-electron chi connectivity index (χ1n) is 7.50. The molecule has 0 aromatic heterocycles. The molecule has 2 N–H and O–H groups in total. The van der Waals surface area contributed by atoms with E-state index in [2.05, 4.69) is 10.6 Å².